The van der Waals surface area contributed by atoms with Crippen LogP contribution < -0.4 is 0 Å². The van der Waals surface area contributed by atoms with E-state index in [1.54, 1.807) is 30.7 Å². The van der Waals surface area contributed by atoms with Crippen LogP contribution in [-0.2, 0) is 9.53 Å². The van der Waals surface area contributed by atoms with Crippen molar-refractivity contribution < 1.29 is 23.8 Å². The van der Waals surface area contributed by atoms with E-state index in [0.717, 1.165) is 11.1 Å². The van der Waals surface area contributed by atoms with Crippen molar-refractivity contribution in [1.29, 1.82) is 0 Å². The second-order valence-electron chi connectivity index (χ2n) is 5.04. The van der Waals surface area contributed by atoms with Crippen LogP contribution in [0.1, 0.15) is 10.4 Å². The molecule has 22 heavy (non-hydrogen) atoms. The summed E-state index contributed by atoms with van der Waals surface area (Å²) in [6.45, 7) is 0.673. The van der Waals surface area contributed by atoms with Crippen molar-refractivity contribution in [3.05, 3.63) is 48.4 Å². The van der Waals surface area contributed by atoms with Gasteiger partial charge in [-0.25, -0.2) is 4.79 Å². The van der Waals surface area contributed by atoms with Gasteiger partial charge in [-0.3, -0.25) is 4.79 Å². The Kier molecular flexibility index (Phi) is 3.93. The summed E-state index contributed by atoms with van der Waals surface area (Å²) in [5.74, 6) is -1.25. The molecule has 0 saturated carbocycles. The van der Waals surface area contributed by atoms with Crippen LogP contribution in [0.3, 0.4) is 0 Å². The molecule has 1 aliphatic heterocycles. The molecule has 0 spiro atoms. The van der Waals surface area contributed by atoms with Crippen molar-refractivity contribution in [3.63, 3.8) is 0 Å². The third kappa shape index (κ3) is 2.87. The summed E-state index contributed by atoms with van der Waals surface area (Å²) in [4.78, 5) is 25.0. The number of hydrogen-bond donors (Lipinski definition) is 1. The average molecular weight is 301 g/mol. The number of amides is 1. The lowest BCUT2D eigenvalue weighted by molar-refractivity contribution is -0.154. The van der Waals surface area contributed by atoms with Crippen molar-refractivity contribution in [3.8, 4) is 11.1 Å². The summed E-state index contributed by atoms with van der Waals surface area (Å²) in [5, 5.41) is 9.00. The molecule has 1 amide bonds. The van der Waals surface area contributed by atoms with Gasteiger partial charge in [-0.05, 0) is 23.8 Å². The quantitative estimate of drug-likeness (QED) is 0.936. The number of benzene rings is 1. The first-order valence-electron chi connectivity index (χ1n) is 6.91. The third-order valence-electron chi connectivity index (χ3n) is 3.59. The SMILES string of the molecule is O=C(O)C1CN(C(=O)c2cccc(-c3ccoc3)c2)CCO1. The molecule has 1 aromatic carbocycles. The molecule has 1 fully saturated rings. The molecule has 2 aromatic rings. The highest BCUT2D eigenvalue weighted by molar-refractivity contribution is 5.95. The number of aliphatic carboxylic acids is 1. The first kappa shape index (κ1) is 14.3. The van der Waals surface area contributed by atoms with Crippen molar-refractivity contribution >= 4 is 11.9 Å². The molecular weight excluding hydrogens is 286 g/mol. The molecule has 0 aliphatic carbocycles. The Hall–Kier alpha value is -2.60. The zero-order chi connectivity index (χ0) is 15.5. The number of hydrogen-bond acceptors (Lipinski definition) is 4. The van der Waals surface area contributed by atoms with E-state index in [1.807, 2.05) is 12.1 Å². The number of nitrogens with zero attached hydrogens (tertiary/aromatic N) is 1. The highest BCUT2D eigenvalue weighted by Gasteiger charge is 2.29. The number of carboxylic acid groups (broad SMARTS) is 1. The highest BCUT2D eigenvalue weighted by Crippen LogP contribution is 2.22. The number of carbonyl (C=O) groups excluding carboxylic acids is 1. The second kappa shape index (κ2) is 6.03. The summed E-state index contributed by atoms with van der Waals surface area (Å²) in [6.07, 6.45) is 2.22. The number of rotatable bonds is 3. The monoisotopic (exact) mass is 301 g/mol. The van der Waals surface area contributed by atoms with Gasteiger partial charge in [0.15, 0.2) is 6.10 Å². The van der Waals surface area contributed by atoms with E-state index in [-0.39, 0.29) is 19.1 Å². The fourth-order valence-electron chi connectivity index (χ4n) is 2.43. The maximum absolute atomic E-state index is 12.5. The molecule has 0 radical (unpaired) electrons. The van der Waals surface area contributed by atoms with Crippen LogP contribution in [0.5, 0.6) is 0 Å². The minimum atomic E-state index is -1.05. The lowest BCUT2D eigenvalue weighted by Crippen LogP contribution is -2.48. The molecule has 1 saturated heterocycles. The molecule has 1 N–H and O–H groups in total. The van der Waals surface area contributed by atoms with Gasteiger partial charge in [-0.15, -0.1) is 0 Å². The van der Waals surface area contributed by atoms with E-state index in [0.29, 0.717) is 12.1 Å². The third-order valence-corrected chi connectivity index (χ3v) is 3.59. The molecule has 1 aromatic heterocycles. The largest absolute Gasteiger partial charge is 0.479 e. The average Bonchev–Trinajstić information content (AvgIpc) is 3.09. The summed E-state index contributed by atoms with van der Waals surface area (Å²) in [5.41, 5.74) is 2.28. The van der Waals surface area contributed by atoms with Crippen LogP contribution in [0.15, 0.2) is 47.3 Å². The topological polar surface area (TPSA) is 80.0 Å². The molecular formula is C16H15NO5. The Morgan fingerprint density at radius 1 is 1.23 bits per heavy atom. The standard InChI is InChI=1S/C16H15NO5/c18-15(17-5-7-22-14(9-17)16(19)20)12-3-1-2-11(8-12)13-4-6-21-10-13/h1-4,6,8,10,14H,5,7,9H2,(H,19,20). The number of carbonyl (C=O) groups is 2. The van der Waals surface area contributed by atoms with Gasteiger partial charge in [0.1, 0.15) is 0 Å². The molecule has 1 unspecified atom stereocenters. The second-order valence-corrected chi connectivity index (χ2v) is 5.04. The van der Waals surface area contributed by atoms with Gasteiger partial charge in [0.05, 0.1) is 25.7 Å². The highest BCUT2D eigenvalue weighted by atomic mass is 16.5. The van der Waals surface area contributed by atoms with Gasteiger partial charge in [0, 0.05) is 17.7 Å². The molecule has 3 rings (SSSR count). The number of morpholine rings is 1. The maximum Gasteiger partial charge on any atom is 0.334 e. The van der Waals surface area contributed by atoms with Gasteiger partial charge in [-0.1, -0.05) is 12.1 Å². The van der Waals surface area contributed by atoms with Crippen LogP contribution in [0, 0.1) is 0 Å². The van der Waals surface area contributed by atoms with Crippen LogP contribution in [0.2, 0.25) is 0 Å². The van der Waals surface area contributed by atoms with Crippen molar-refractivity contribution in [2.45, 2.75) is 6.10 Å². The first-order valence-corrected chi connectivity index (χ1v) is 6.91. The van der Waals surface area contributed by atoms with E-state index < -0.39 is 12.1 Å². The van der Waals surface area contributed by atoms with Crippen LogP contribution >= 0.6 is 0 Å². The van der Waals surface area contributed by atoms with Crippen LogP contribution in [0.25, 0.3) is 11.1 Å². The smallest absolute Gasteiger partial charge is 0.334 e. The molecule has 1 aliphatic rings. The first-order chi connectivity index (χ1) is 10.6. The Labute approximate surface area is 126 Å². The zero-order valence-corrected chi connectivity index (χ0v) is 11.8. The lowest BCUT2D eigenvalue weighted by atomic mass is 10.0. The van der Waals surface area contributed by atoms with Gasteiger partial charge in [0.2, 0.25) is 0 Å². The van der Waals surface area contributed by atoms with E-state index >= 15 is 0 Å². The number of ether oxygens (including phenoxy) is 1. The van der Waals surface area contributed by atoms with Crippen LogP contribution in [0.4, 0.5) is 0 Å². The van der Waals surface area contributed by atoms with Crippen molar-refractivity contribution in [2.24, 2.45) is 0 Å². The van der Waals surface area contributed by atoms with E-state index in [1.165, 1.54) is 4.90 Å². The van der Waals surface area contributed by atoms with E-state index in [2.05, 4.69) is 0 Å². The molecule has 6 nitrogen and oxygen atoms in total. The predicted molar refractivity (Wildman–Crippen MR) is 77.4 cm³/mol. The summed E-state index contributed by atoms with van der Waals surface area (Å²) < 4.78 is 10.2. The maximum atomic E-state index is 12.5. The van der Waals surface area contributed by atoms with Gasteiger partial charge < -0.3 is 19.2 Å². The fourth-order valence-corrected chi connectivity index (χ4v) is 2.43. The molecule has 2 heterocycles. The van der Waals surface area contributed by atoms with Crippen molar-refractivity contribution in [1.82, 2.24) is 4.90 Å². The minimum absolute atomic E-state index is 0.0596. The van der Waals surface area contributed by atoms with E-state index in [9.17, 15) is 9.59 Å². The Bertz CT molecular complexity index is 680. The molecule has 6 heteroatoms. The Morgan fingerprint density at radius 3 is 2.82 bits per heavy atom. The summed E-state index contributed by atoms with van der Waals surface area (Å²) >= 11 is 0. The Morgan fingerprint density at radius 2 is 2.09 bits per heavy atom. The normalized spacial score (nSPS) is 18.2. The summed E-state index contributed by atoms with van der Waals surface area (Å²) in [6, 6.07) is 9.00. The number of carboxylic acids is 1. The lowest BCUT2D eigenvalue weighted by Gasteiger charge is -2.31. The molecule has 1 atom stereocenters. The van der Waals surface area contributed by atoms with Crippen LogP contribution in [-0.4, -0.2) is 47.7 Å². The van der Waals surface area contributed by atoms with Gasteiger partial charge in [0.25, 0.3) is 5.91 Å². The van der Waals surface area contributed by atoms with Crippen molar-refractivity contribution in [2.75, 3.05) is 19.7 Å². The summed E-state index contributed by atoms with van der Waals surface area (Å²) in [7, 11) is 0. The predicted octanol–water partition coefficient (Wildman–Crippen LogP) is 1.87. The zero-order valence-electron chi connectivity index (χ0n) is 11.8. The van der Waals surface area contributed by atoms with E-state index in [4.69, 9.17) is 14.3 Å². The van der Waals surface area contributed by atoms with Gasteiger partial charge in [-0.2, -0.15) is 0 Å². The fraction of sp³-hybridized carbons (Fsp3) is 0.250. The molecule has 114 valence electrons. The van der Waals surface area contributed by atoms with Gasteiger partial charge >= 0.3 is 5.97 Å². The molecule has 0 bridgehead atoms. The minimum Gasteiger partial charge on any atom is -0.479 e. The Balaban J connectivity index is 1.80. The number of furan rings is 1.